The van der Waals surface area contributed by atoms with E-state index < -0.39 is 0 Å². The maximum absolute atomic E-state index is 6.30. The van der Waals surface area contributed by atoms with E-state index in [9.17, 15) is 0 Å². The normalized spacial score (nSPS) is 12.7. The highest BCUT2D eigenvalue weighted by Gasteiger charge is 2.19. The maximum Gasteiger partial charge on any atom is 0.0625 e. The number of aromatic nitrogens is 2. The summed E-state index contributed by atoms with van der Waals surface area (Å²) in [5.74, 6) is 0. The zero-order valence-electron chi connectivity index (χ0n) is 10.9. The van der Waals surface area contributed by atoms with Gasteiger partial charge < -0.3 is 5.32 Å². The molecule has 1 aromatic heterocycles. The lowest BCUT2D eigenvalue weighted by Crippen LogP contribution is -2.22. The number of nitrogens with one attached hydrogen (secondary N) is 1. The second-order valence-corrected chi connectivity index (χ2v) is 4.73. The van der Waals surface area contributed by atoms with Crippen LogP contribution in [0.15, 0.2) is 30.5 Å². The predicted molar refractivity (Wildman–Crippen MR) is 74.9 cm³/mol. The minimum atomic E-state index is 0.0948. The monoisotopic (exact) mass is 263 g/mol. The summed E-state index contributed by atoms with van der Waals surface area (Å²) in [4.78, 5) is 0. The van der Waals surface area contributed by atoms with Crippen molar-refractivity contribution in [3.8, 4) is 0 Å². The summed E-state index contributed by atoms with van der Waals surface area (Å²) in [6.45, 7) is 5.04. The van der Waals surface area contributed by atoms with Gasteiger partial charge in [0, 0.05) is 23.3 Å². The molecule has 0 aliphatic carbocycles. The number of nitrogens with zero attached hydrogens (tertiary/aromatic N) is 2. The first kappa shape index (κ1) is 13.1. The zero-order valence-corrected chi connectivity index (χ0v) is 11.7. The van der Waals surface area contributed by atoms with Crippen molar-refractivity contribution in [3.05, 3.63) is 52.3 Å². The average Bonchev–Trinajstić information content (AvgIpc) is 2.69. The fourth-order valence-corrected chi connectivity index (χ4v) is 2.34. The molecule has 1 heterocycles. The van der Waals surface area contributed by atoms with Crippen molar-refractivity contribution in [2.45, 2.75) is 19.9 Å². The quantitative estimate of drug-likeness (QED) is 0.919. The van der Waals surface area contributed by atoms with Crippen LogP contribution in [0.2, 0.25) is 5.02 Å². The van der Waals surface area contributed by atoms with E-state index in [1.165, 1.54) is 5.56 Å². The van der Waals surface area contributed by atoms with Crippen LogP contribution in [-0.4, -0.2) is 16.3 Å². The van der Waals surface area contributed by atoms with Gasteiger partial charge in [-0.2, -0.15) is 5.10 Å². The molecule has 1 atom stereocenters. The van der Waals surface area contributed by atoms with Crippen molar-refractivity contribution in [1.82, 2.24) is 15.1 Å². The first-order valence-corrected chi connectivity index (χ1v) is 6.49. The molecule has 18 heavy (non-hydrogen) atoms. The van der Waals surface area contributed by atoms with E-state index in [1.807, 2.05) is 36.1 Å². The third-order valence-corrected chi connectivity index (χ3v) is 3.55. The van der Waals surface area contributed by atoms with Gasteiger partial charge in [0.2, 0.25) is 0 Å². The minimum absolute atomic E-state index is 0.0948. The van der Waals surface area contributed by atoms with E-state index in [4.69, 9.17) is 11.6 Å². The van der Waals surface area contributed by atoms with Crippen molar-refractivity contribution in [2.75, 3.05) is 6.54 Å². The molecule has 2 aromatic rings. The Labute approximate surface area is 113 Å². The van der Waals surface area contributed by atoms with Crippen LogP contribution in [-0.2, 0) is 7.05 Å². The molecule has 4 heteroatoms. The van der Waals surface area contributed by atoms with Crippen LogP contribution in [0.5, 0.6) is 0 Å². The van der Waals surface area contributed by atoms with Crippen LogP contribution in [0.4, 0.5) is 0 Å². The number of halogens is 1. The SMILES string of the molecule is CCNC(c1ccccc1Cl)c1cnn(C)c1C. The van der Waals surface area contributed by atoms with Crippen molar-refractivity contribution in [1.29, 1.82) is 0 Å². The maximum atomic E-state index is 6.30. The summed E-state index contributed by atoms with van der Waals surface area (Å²) in [6.07, 6.45) is 1.91. The molecule has 0 saturated heterocycles. The Hall–Kier alpha value is -1.32. The Kier molecular flexibility index (Phi) is 4.04. The van der Waals surface area contributed by atoms with Crippen LogP contribution in [0, 0.1) is 6.92 Å². The minimum Gasteiger partial charge on any atom is -0.306 e. The standard InChI is InChI=1S/C14H18ClN3/c1-4-16-14(11-7-5-6-8-13(11)15)12-9-17-18(3)10(12)2/h5-9,14,16H,4H2,1-3H3. The molecule has 1 aromatic carbocycles. The van der Waals surface area contributed by atoms with Gasteiger partial charge in [0.1, 0.15) is 0 Å². The molecule has 96 valence electrons. The Bertz CT molecular complexity index is 534. The lowest BCUT2D eigenvalue weighted by atomic mass is 9.99. The van der Waals surface area contributed by atoms with Crippen molar-refractivity contribution >= 4 is 11.6 Å². The van der Waals surface area contributed by atoms with Crippen LogP contribution in [0.3, 0.4) is 0 Å². The van der Waals surface area contributed by atoms with E-state index in [0.29, 0.717) is 0 Å². The van der Waals surface area contributed by atoms with Crippen molar-refractivity contribution in [2.24, 2.45) is 7.05 Å². The van der Waals surface area contributed by atoms with Gasteiger partial charge in [-0.25, -0.2) is 0 Å². The Balaban J connectivity index is 2.47. The van der Waals surface area contributed by atoms with Crippen LogP contribution in [0.1, 0.15) is 29.8 Å². The predicted octanol–water partition coefficient (Wildman–Crippen LogP) is 3.08. The molecule has 2 rings (SSSR count). The van der Waals surface area contributed by atoms with Gasteiger partial charge in [-0.3, -0.25) is 4.68 Å². The number of aryl methyl sites for hydroxylation is 1. The largest absolute Gasteiger partial charge is 0.306 e. The zero-order chi connectivity index (χ0) is 13.1. The smallest absolute Gasteiger partial charge is 0.0625 e. The van der Waals surface area contributed by atoms with Crippen LogP contribution >= 0.6 is 11.6 Å². The molecule has 1 N–H and O–H groups in total. The molecule has 3 nitrogen and oxygen atoms in total. The van der Waals surface area contributed by atoms with Crippen LogP contribution < -0.4 is 5.32 Å². The second-order valence-electron chi connectivity index (χ2n) is 4.32. The van der Waals surface area contributed by atoms with Crippen LogP contribution in [0.25, 0.3) is 0 Å². The molecular weight excluding hydrogens is 246 g/mol. The molecule has 0 fully saturated rings. The van der Waals surface area contributed by atoms with E-state index >= 15 is 0 Å². The third-order valence-electron chi connectivity index (χ3n) is 3.21. The van der Waals surface area contributed by atoms with Gasteiger partial charge in [-0.15, -0.1) is 0 Å². The van der Waals surface area contributed by atoms with Crippen molar-refractivity contribution in [3.63, 3.8) is 0 Å². The van der Waals surface area contributed by atoms with E-state index in [1.54, 1.807) is 0 Å². The highest BCUT2D eigenvalue weighted by molar-refractivity contribution is 6.31. The number of hydrogen-bond donors (Lipinski definition) is 1. The van der Waals surface area contributed by atoms with E-state index in [0.717, 1.165) is 22.8 Å². The molecular formula is C14H18ClN3. The lowest BCUT2D eigenvalue weighted by molar-refractivity contribution is 0.625. The van der Waals surface area contributed by atoms with Crippen molar-refractivity contribution < 1.29 is 0 Å². The summed E-state index contributed by atoms with van der Waals surface area (Å²) in [5.41, 5.74) is 3.42. The molecule has 0 aliphatic rings. The molecule has 0 saturated carbocycles. The summed E-state index contributed by atoms with van der Waals surface area (Å²) < 4.78 is 1.89. The van der Waals surface area contributed by atoms with Gasteiger partial charge in [0.05, 0.1) is 12.2 Å². The van der Waals surface area contributed by atoms with E-state index in [2.05, 4.69) is 30.3 Å². The molecule has 0 radical (unpaired) electrons. The molecule has 0 bridgehead atoms. The summed E-state index contributed by atoms with van der Waals surface area (Å²) in [7, 11) is 1.95. The lowest BCUT2D eigenvalue weighted by Gasteiger charge is -2.19. The van der Waals surface area contributed by atoms with Gasteiger partial charge in [0.25, 0.3) is 0 Å². The fourth-order valence-electron chi connectivity index (χ4n) is 2.10. The van der Waals surface area contributed by atoms with Gasteiger partial charge in [-0.05, 0) is 25.1 Å². The number of rotatable bonds is 4. The highest BCUT2D eigenvalue weighted by Crippen LogP contribution is 2.29. The molecule has 0 aliphatic heterocycles. The second kappa shape index (κ2) is 5.55. The average molecular weight is 264 g/mol. The molecule has 1 unspecified atom stereocenters. The molecule has 0 amide bonds. The highest BCUT2D eigenvalue weighted by atomic mass is 35.5. The molecule has 0 spiro atoms. The first-order chi connectivity index (χ1) is 8.65. The number of benzene rings is 1. The van der Waals surface area contributed by atoms with Gasteiger partial charge in [-0.1, -0.05) is 36.7 Å². The van der Waals surface area contributed by atoms with Gasteiger partial charge in [0.15, 0.2) is 0 Å². The van der Waals surface area contributed by atoms with Gasteiger partial charge >= 0.3 is 0 Å². The Morgan fingerprint density at radius 1 is 1.33 bits per heavy atom. The fraction of sp³-hybridized carbons (Fsp3) is 0.357. The topological polar surface area (TPSA) is 29.9 Å². The third kappa shape index (κ3) is 2.42. The number of hydrogen-bond acceptors (Lipinski definition) is 2. The Morgan fingerprint density at radius 3 is 2.61 bits per heavy atom. The summed E-state index contributed by atoms with van der Waals surface area (Å²) in [5, 5.41) is 8.56. The summed E-state index contributed by atoms with van der Waals surface area (Å²) >= 11 is 6.30. The Morgan fingerprint density at radius 2 is 2.06 bits per heavy atom. The summed E-state index contributed by atoms with van der Waals surface area (Å²) in [6, 6.07) is 8.04. The first-order valence-electron chi connectivity index (χ1n) is 6.11. The van der Waals surface area contributed by atoms with E-state index in [-0.39, 0.29) is 6.04 Å².